The summed E-state index contributed by atoms with van der Waals surface area (Å²) in [7, 11) is -3.16. The zero-order valence-electron chi connectivity index (χ0n) is 12.8. The van der Waals surface area contributed by atoms with Crippen molar-refractivity contribution >= 4 is 15.9 Å². The number of benzene rings is 1. The Hall–Kier alpha value is -1.44. The maximum Gasteiger partial charge on any atom is 0.224 e. The molecule has 1 aromatic carbocycles. The highest BCUT2D eigenvalue weighted by atomic mass is 32.2. The van der Waals surface area contributed by atoms with Gasteiger partial charge < -0.3 is 9.64 Å². The van der Waals surface area contributed by atoms with E-state index < -0.39 is 10.0 Å². The molecule has 6 nitrogen and oxygen atoms in total. The molecule has 0 aliphatic carbocycles. The fraction of sp³-hybridized carbons (Fsp3) is 0.533. The van der Waals surface area contributed by atoms with Gasteiger partial charge in [0.1, 0.15) is 0 Å². The fourth-order valence-corrected chi connectivity index (χ4v) is 3.18. The topological polar surface area (TPSA) is 66.9 Å². The van der Waals surface area contributed by atoms with Crippen LogP contribution in [-0.4, -0.2) is 62.6 Å². The van der Waals surface area contributed by atoms with Crippen molar-refractivity contribution in [2.45, 2.75) is 13.0 Å². The van der Waals surface area contributed by atoms with Crippen molar-refractivity contribution in [3.8, 4) is 0 Å². The molecule has 0 atom stereocenters. The zero-order chi connectivity index (χ0) is 16.0. The van der Waals surface area contributed by atoms with Gasteiger partial charge in [-0.1, -0.05) is 30.3 Å². The Morgan fingerprint density at radius 3 is 2.36 bits per heavy atom. The second-order valence-corrected chi connectivity index (χ2v) is 7.31. The summed E-state index contributed by atoms with van der Waals surface area (Å²) in [6.07, 6.45) is 1.52. The third-order valence-electron chi connectivity index (χ3n) is 3.63. The molecule has 1 saturated heterocycles. The summed E-state index contributed by atoms with van der Waals surface area (Å²) in [5.41, 5.74) is 1.08. The Labute approximate surface area is 131 Å². The van der Waals surface area contributed by atoms with Crippen molar-refractivity contribution in [1.82, 2.24) is 9.21 Å². The first-order chi connectivity index (χ1) is 10.5. The quantitative estimate of drug-likeness (QED) is 0.722. The van der Waals surface area contributed by atoms with E-state index in [0.29, 0.717) is 45.8 Å². The van der Waals surface area contributed by atoms with Gasteiger partial charge >= 0.3 is 0 Å². The maximum atomic E-state index is 12.0. The molecule has 0 saturated carbocycles. The fourth-order valence-electron chi connectivity index (χ4n) is 2.35. The summed E-state index contributed by atoms with van der Waals surface area (Å²) < 4.78 is 29.7. The molecule has 122 valence electrons. The van der Waals surface area contributed by atoms with Crippen LogP contribution in [0.2, 0.25) is 0 Å². The Morgan fingerprint density at radius 2 is 1.77 bits per heavy atom. The molecule has 1 aromatic rings. The minimum atomic E-state index is -3.16. The molecule has 0 unspecified atom stereocenters. The lowest BCUT2D eigenvalue weighted by Crippen LogP contribution is -2.50. The Bertz CT molecular complexity index is 581. The van der Waals surface area contributed by atoms with E-state index in [1.165, 1.54) is 10.6 Å². The highest BCUT2D eigenvalue weighted by Gasteiger charge is 2.25. The minimum absolute atomic E-state index is 0.0150. The van der Waals surface area contributed by atoms with Crippen LogP contribution in [0.5, 0.6) is 0 Å². The summed E-state index contributed by atoms with van der Waals surface area (Å²) in [4.78, 5) is 13.7. The molecule has 0 N–H and O–H groups in total. The van der Waals surface area contributed by atoms with Crippen molar-refractivity contribution in [1.29, 1.82) is 0 Å². The van der Waals surface area contributed by atoms with Gasteiger partial charge in [0.2, 0.25) is 15.9 Å². The number of hydrogen-bond acceptors (Lipinski definition) is 4. The molecule has 7 heteroatoms. The van der Waals surface area contributed by atoms with Gasteiger partial charge in [-0.3, -0.25) is 4.79 Å². The lowest BCUT2D eigenvalue weighted by molar-refractivity contribution is -0.133. The van der Waals surface area contributed by atoms with Crippen LogP contribution in [0.15, 0.2) is 30.3 Å². The third-order valence-corrected chi connectivity index (χ3v) is 4.94. The molecule has 1 amide bonds. The van der Waals surface area contributed by atoms with Gasteiger partial charge in [-0.05, 0) is 5.56 Å². The SMILES string of the molecule is CS(=O)(=O)N1CCN(C(=O)CCOCc2ccccc2)CC1. The van der Waals surface area contributed by atoms with Crippen LogP contribution in [0.3, 0.4) is 0 Å². The number of piperazine rings is 1. The number of ether oxygens (including phenoxy) is 1. The van der Waals surface area contributed by atoms with E-state index in [1.54, 1.807) is 4.90 Å². The summed E-state index contributed by atoms with van der Waals surface area (Å²) in [6, 6.07) is 9.80. The predicted molar refractivity (Wildman–Crippen MR) is 83.7 cm³/mol. The molecular formula is C15H22N2O4S. The van der Waals surface area contributed by atoms with E-state index >= 15 is 0 Å². The molecule has 0 spiro atoms. The molecule has 1 heterocycles. The van der Waals surface area contributed by atoms with E-state index in [9.17, 15) is 13.2 Å². The van der Waals surface area contributed by atoms with Gasteiger partial charge in [-0.15, -0.1) is 0 Å². The van der Waals surface area contributed by atoms with Gasteiger partial charge in [-0.2, -0.15) is 4.31 Å². The second-order valence-electron chi connectivity index (χ2n) is 5.33. The molecular weight excluding hydrogens is 304 g/mol. The summed E-state index contributed by atoms with van der Waals surface area (Å²) in [5.74, 6) is 0.0150. The van der Waals surface area contributed by atoms with Crippen LogP contribution in [0.4, 0.5) is 0 Å². The van der Waals surface area contributed by atoms with Gasteiger partial charge in [0.25, 0.3) is 0 Å². The number of sulfonamides is 1. The van der Waals surface area contributed by atoms with E-state index in [0.717, 1.165) is 5.56 Å². The standard InChI is InChI=1S/C15H22N2O4S/c1-22(19,20)17-10-8-16(9-11-17)15(18)7-12-21-13-14-5-3-2-4-6-14/h2-6H,7-13H2,1H3. The lowest BCUT2D eigenvalue weighted by Gasteiger charge is -2.33. The average molecular weight is 326 g/mol. The van der Waals surface area contributed by atoms with Crippen molar-refractivity contribution in [2.75, 3.05) is 39.0 Å². The highest BCUT2D eigenvalue weighted by molar-refractivity contribution is 7.88. The molecule has 0 aromatic heterocycles. The van der Waals surface area contributed by atoms with Gasteiger partial charge in [0.05, 0.1) is 25.9 Å². The zero-order valence-corrected chi connectivity index (χ0v) is 13.6. The van der Waals surface area contributed by atoms with E-state index in [-0.39, 0.29) is 5.91 Å². The largest absolute Gasteiger partial charge is 0.376 e. The molecule has 2 rings (SSSR count). The van der Waals surface area contributed by atoms with Crippen LogP contribution in [0.25, 0.3) is 0 Å². The number of carbonyl (C=O) groups excluding carboxylic acids is 1. The highest BCUT2D eigenvalue weighted by Crippen LogP contribution is 2.08. The molecule has 1 fully saturated rings. The van der Waals surface area contributed by atoms with Crippen LogP contribution in [0, 0.1) is 0 Å². The average Bonchev–Trinajstić information content (AvgIpc) is 2.52. The molecule has 22 heavy (non-hydrogen) atoms. The van der Waals surface area contributed by atoms with Crippen molar-refractivity contribution < 1.29 is 17.9 Å². The summed E-state index contributed by atoms with van der Waals surface area (Å²) in [5, 5.41) is 0. The van der Waals surface area contributed by atoms with Crippen LogP contribution in [-0.2, 0) is 26.2 Å². The Kier molecular flexibility index (Phi) is 5.93. The monoisotopic (exact) mass is 326 g/mol. The summed E-state index contributed by atoms with van der Waals surface area (Å²) in [6.45, 7) is 2.51. The number of nitrogens with zero attached hydrogens (tertiary/aromatic N) is 2. The van der Waals surface area contributed by atoms with Crippen molar-refractivity contribution in [2.24, 2.45) is 0 Å². The Morgan fingerprint density at radius 1 is 1.14 bits per heavy atom. The molecule has 0 radical (unpaired) electrons. The normalized spacial score (nSPS) is 16.7. The van der Waals surface area contributed by atoms with E-state index in [4.69, 9.17) is 4.74 Å². The van der Waals surface area contributed by atoms with Gasteiger partial charge in [-0.25, -0.2) is 8.42 Å². The van der Waals surface area contributed by atoms with Gasteiger partial charge in [0.15, 0.2) is 0 Å². The van der Waals surface area contributed by atoms with E-state index in [2.05, 4.69) is 0 Å². The first kappa shape index (κ1) is 16.9. The van der Waals surface area contributed by atoms with Crippen LogP contribution >= 0.6 is 0 Å². The van der Waals surface area contributed by atoms with Crippen LogP contribution < -0.4 is 0 Å². The predicted octanol–water partition coefficient (Wildman–Crippen LogP) is 0.697. The van der Waals surface area contributed by atoms with Crippen molar-refractivity contribution in [3.05, 3.63) is 35.9 Å². The smallest absolute Gasteiger partial charge is 0.224 e. The Balaban J connectivity index is 1.66. The van der Waals surface area contributed by atoms with Crippen molar-refractivity contribution in [3.63, 3.8) is 0 Å². The van der Waals surface area contributed by atoms with Crippen LogP contribution in [0.1, 0.15) is 12.0 Å². The minimum Gasteiger partial charge on any atom is -0.376 e. The van der Waals surface area contributed by atoms with E-state index in [1.807, 2.05) is 30.3 Å². The first-order valence-corrected chi connectivity index (χ1v) is 9.16. The molecule has 0 bridgehead atoms. The lowest BCUT2D eigenvalue weighted by atomic mass is 10.2. The molecule has 1 aliphatic heterocycles. The second kappa shape index (κ2) is 7.71. The molecule has 1 aliphatic rings. The number of hydrogen-bond donors (Lipinski definition) is 0. The summed E-state index contributed by atoms with van der Waals surface area (Å²) >= 11 is 0. The number of rotatable bonds is 6. The first-order valence-electron chi connectivity index (χ1n) is 7.31. The number of amides is 1. The van der Waals surface area contributed by atoms with Gasteiger partial charge in [0, 0.05) is 26.2 Å². The third kappa shape index (κ3) is 5.08. The number of carbonyl (C=O) groups is 1. The maximum absolute atomic E-state index is 12.0.